The van der Waals surface area contributed by atoms with Crippen LogP contribution in [0.4, 0.5) is 5.69 Å². The van der Waals surface area contributed by atoms with Crippen LogP contribution in [0.5, 0.6) is 11.5 Å². The molecule has 1 aliphatic heterocycles. The van der Waals surface area contributed by atoms with E-state index in [4.69, 9.17) is 9.47 Å². The van der Waals surface area contributed by atoms with Crippen molar-refractivity contribution in [2.45, 2.75) is 6.92 Å². The van der Waals surface area contributed by atoms with Crippen molar-refractivity contribution in [3.05, 3.63) is 105 Å². The molecule has 3 aromatic rings. The molecule has 0 aromatic heterocycles. The SMILES string of the molecule is Cc1ccccc1C=C1Oc2cc(OC(=O)c3ccc([N+](=O)[O-])cc3)ccc2C1=O. The van der Waals surface area contributed by atoms with Gasteiger partial charge in [0.2, 0.25) is 5.78 Å². The van der Waals surface area contributed by atoms with E-state index in [9.17, 15) is 19.7 Å². The average Bonchev–Trinajstić information content (AvgIpc) is 3.04. The second-order valence-electron chi connectivity index (χ2n) is 6.65. The van der Waals surface area contributed by atoms with Gasteiger partial charge in [-0.05, 0) is 48.4 Å². The summed E-state index contributed by atoms with van der Waals surface area (Å²) in [4.78, 5) is 35.1. The highest BCUT2D eigenvalue weighted by molar-refractivity contribution is 6.14. The maximum atomic E-state index is 12.6. The Bertz CT molecular complexity index is 1210. The number of benzene rings is 3. The average molecular weight is 401 g/mol. The number of hydrogen-bond acceptors (Lipinski definition) is 6. The number of non-ortho nitro benzene ring substituents is 1. The summed E-state index contributed by atoms with van der Waals surface area (Å²) >= 11 is 0. The Balaban J connectivity index is 1.53. The summed E-state index contributed by atoms with van der Waals surface area (Å²) in [6, 6.07) is 17.2. The molecule has 7 nitrogen and oxygen atoms in total. The maximum absolute atomic E-state index is 12.6. The van der Waals surface area contributed by atoms with Crippen LogP contribution >= 0.6 is 0 Å². The predicted octanol–water partition coefficient (Wildman–Crippen LogP) is 4.74. The smallest absolute Gasteiger partial charge is 0.343 e. The molecule has 0 unspecified atom stereocenters. The number of Topliss-reactive ketones (excluding diaryl/α,β-unsaturated/α-hetero) is 1. The van der Waals surface area contributed by atoms with Crippen LogP contribution in [0, 0.1) is 17.0 Å². The highest BCUT2D eigenvalue weighted by atomic mass is 16.6. The highest BCUT2D eigenvalue weighted by Crippen LogP contribution is 2.35. The van der Waals surface area contributed by atoms with Gasteiger partial charge in [0.05, 0.1) is 16.1 Å². The molecule has 0 N–H and O–H groups in total. The van der Waals surface area contributed by atoms with E-state index in [0.29, 0.717) is 11.3 Å². The predicted molar refractivity (Wildman–Crippen MR) is 109 cm³/mol. The van der Waals surface area contributed by atoms with Crippen LogP contribution in [0.2, 0.25) is 0 Å². The Labute approximate surface area is 171 Å². The summed E-state index contributed by atoms with van der Waals surface area (Å²) < 4.78 is 11.0. The zero-order chi connectivity index (χ0) is 21.3. The minimum atomic E-state index is -0.676. The summed E-state index contributed by atoms with van der Waals surface area (Å²) in [5.41, 5.74) is 2.31. The molecule has 0 atom stereocenters. The maximum Gasteiger partial charge on any atom is 0.343 e. The number of aryl methyl sites for hydroxylation is 1. The molecule has 0 spiro atoms. The summed E-state index contributed by atoms with van der Waals surface area (Å²) in [6.07, 6.45) is 1.68. The van der Waals surface area contributed by atoms with Gasteiger partial charge in [0.1, 0.15) is 11.5 Å². The highest BCUT2D eigenvalue weighted by Gasteiger charge is 2.28. The molecule has 0 fully saturated rings. The molecule has 4 rings (SSSR count). The number of carbonyl (C=O) groups excluding carboxylic acids is 2. The van der Waals surface area contributed by atoms with Crippen LogP contribution in [-0.2, 0) is 0 Å². The van der Waals surface area contributed by atoms with Gasteiger partial charge in [0.25, 0.3) is 5.69 Å². The Morgan fingerprint density at radius 2 is 1.80 bits per heavy atom. The molecule has 148 valence electrons. The first kappa shape index (κ1) is 19.1. The summed E-state index contributed by atoms with van der Waals surface area (Å²) in [5.74, 6) is -0.236. The topological polar surface area (TPSA) is 95.7 Å². The third-order valence-electron chi connectivity index (χ3n) is 4.64. The zero-order valence-electron chi connectivity index (χ0n) is 15.8. The number of allylic oxidation sites excluding steroid dienone is 1. The van der Waals surface area contributed by atoms with Gasteiger partial charge in [0.15, 0.2) is 5.76 Å². The van der Waals surface area contributed by atoms with Gasteiger partial charge in [0, 0.05) is 18.2 Å². The molecule has 0 aliphatic carbocycles. The monoisotopic (exact) mass is 401 g/mol. The van der Waals surface area contributed by atoms with Gasteiger partial charge in [-0.25, -0.2) is 4.79 Å². The van der Waals surface area contributed by atoms with E-state index in [0.717, 1.165) is 11.1 Å². The molecule has 1 aliphatic rings. The van der Waals surface area contributed by atoms with E-state index in [-0.39, 0.29) is 28.5 Å². The van der Waals surface area contributed by atoms with E-state index in [2.05, 4.69) is 0 Å². The minimum Gasteiger partial charge on any atom is -0.452 e. The fourth-order valence-electron chi connectivity index (χ4n) is 3.01. The van der Waals surface area contributed by atoms with Crippen molar-refractivity contribution in [2.75, 3.05) is 0 Å². The Kier molecular flexibility index (Phi) is 4.85. The Morgan fingerprint density at radius 3 is 2.50 bits per heavy atom. The number of esters is 1. The second-order valence-corrected chi connectivity index (χ2v) is 6.65. The second kappa shape index (κ2) is 7.63. The first-order valence-corrected chi connectivity index (χ1v) is 9.03. The summed E-state index contributed by atoms with van der Waals surface area (Å²) in [7, 11) is 0. The largest absolute Gasteiger partial charge is 0.452 e. The van der Waals surface area contributed by atoms with Crippen molar-refractivity contribution in [2.24, 2.45) is 0 Å². The molecular weight excluding hydrogens is 386 g/mol. The molecule has 1 heterocycles. The summed E-state index contributed by atoms with van der Waals surface area (Å²) in [5, 5.41) is 10.7. The van der Waals surface area contributed by atoms with Crippen molar-refractivity contribution < 1.29 is 24.0 Å². The van der Waals surface area contributed by atoms with Crippen LogP contribution in [0.25, 0.3) is 6.08 Å². The molecule has 7 heteroatoms. The zero-order valence-corrected chi connectivity index (χ0v) is 15.8. The molecule has 3 aromatic carbocycles. The standard InChI is InChI=1S/C23H15NO6/c1-14-4-2-3-5-16(14)12-21-22(25)19-11-10-18(13-20(19)30-21)29-23(26)15-6-8-17(9-7-15)24(27)28/h2-13H,1H3. The quantitative estimate of drug-likeness (QED) is 0.206. The number of fused-ring (bicyclic) bond motifs is 1. The molecule has 0 bridgehead atoms. The lowest BCUT2D eigenvalue weighted by atomic mass is 10.1. The Morgan fingerprint density at radius 1 is 1.07 bits per heavy atom. The van der Waals surface area contributed by atoms with Crippen molar-refractivity contribution in [1.82, 2.24) is 0 Å². The van der Waals surface area contributed by atoms with Crippen molar-refractivity contribution in [3.8, 4) is 11.5 Å². The molecular formula is C23H15NO6. The number of carbonyl (C=O) groups is 2. The van der Waals surface area contributed by atoms with E-state index < -0.39 is 10.9 Å². The normalized spacial score (nSPS) is 13.6. The van der Waals surface area contributed by atoms with Gasteiger partial charge >= 0.3 is 5.97 Å². The number of ether oxygens (including phenoxy) is 2. The van der Waals surface area contributed by atoms with Gasteiger partial charge in [-0.1, -0.05) is 24.3 Å². The number of rotatable bonds is 4. The number of ketones is 1. The molecule has 0 amide bonds. The van der Waals surface area contributed by atoms with E-state index >= 15 is 0 Å². The lowest BCUT2D eigenvalue weighted by molar-refractivity contribution is -0.384. The number of nitro groups is 1. The molecule has 0 saturated carbocycles. The van der Waals surface area contributed by atoms with Crippen LogP contribution in [0.3, 0.4) is 0 Å². The van der Waals surface area contributed by atoms with Gasteiger partial charge in [-0.2, -0.15) is 0 Å². The van der Waals surface area contributed by atoms with Crippen molar-refractivity contribution >= 4 is 23.5 Å². The molecule has 30 heavy (non-hydrogen) atoms. The van der Waals surface area contributed by atoms with Crippen LogP contribution in [-0.4, -0.2) is 16.7 Å². The molecule has 0 saturated heterocycles. The first-order chi connectivity index (χ1) is 14.4. The number of hydrogen-bond donors (Lipinski definition) is 0. The third kappa shape index (κ3) is 3.68. The third-order valence-corrected chi connectivity index (χ3v) is 4.64. The Hall–Kier alpha value is -4.26. The minimum absolute atomic E-state index is 0.121. The number of nitrogens with zero attached hydrogens (tertiary/aromatic N) is 1. The van der Waals surface area contributed by atoms with Crippen LogP contribution in [0.1, 0.15) is 31.8 Å². The fraction of sp³-hybridized carbons (Fsp3) is 0.0435. The lowest BCUT2D eigenvalue weighted by Gasteiger charge is -2.05. The van der Waals surface area contributed by atoms with E-state index in [1.54, 1.807) is 6.08 Å². The van der Waals surface area contributed by atoms with Crippen LogP contribution < -0.4 is 9.47 Å². The van der Waals surface area contributed by atoms with Crippen molar-refractivity contribution in [3.63, 3.8) is 0 Å². The van der Waals surface area contributed by atoms with Gasteiger partial charge < -0.3 is 9.47 Å². The van der Waals surface area contributed by atoms with E-state index in [1.807, 2.05) is 31.2 Å². The van der Waals surface area contributed by atoms with Crippen molar-refractivity contribution in [1.29, 1.82) is 0 Å². The number of nitro benzene ring substituents is 1. The molecule has 0 radical (unpaired) electrons. The van der Waals surface area contributed by atoms with Crippen LogP contribution in [0.15, 0.2) is 72.5 Å². The lowest BCUT2D eigenvalue weighted by Crippen LogP contribution is -2.08. The van der Waals surface area contributed by atoms with Gasteiger partial charge in [-0.15, -0.1) is 0 Å². The van der Waals surface area contributed by atoms with Gasteiger partial charge in [-0.3, -0.25) is 14.9 Å². The summed E-state index contributed by atoms with van der Waals surface area (Å²) in [6.45, 7) is 1.94. The van der Waals surface area contributed by atoms with E-state index in [1.165, 1.54) is 42.5 Å². The first-order valence-electron chi connectivity index (χ1n) is 9.03. The fourth-order valence-corrected chi connectivity index (χ4v) is 3.01.